The van der Waals surface area contributed by atoms with Crippen LogP contribution in [0.4, 0.5) is 0 Å². The first-order valence-corrected chi connectivity index (χ1v) is 8.83. The Labute approximate surface area is 132 Å². The summed E-state index contributed by atoms with van der Waals surface area (Å²) in [5, 5.41) is 0. The third-order valence-electron chi connectivity index (χ3n) is 3.21. The average molecular weight is 329 g/mol. The first kappa shape index (κ1) is 18.0. The molecule has 1 atom stereocenters. The summed E-state index contributed by atoms with van der Waals surface area (Å²) in [5.74, 6) is 0. The summed E-state index contributed by atoms with van der Waals surface area (Å²) in [5.41, 5.74) is 6.08. The molecule has 0 aliphatic rings. The van der Waals surface area contributed by atoms with Crippen LogP contribution in [-0.2, 0) is 10.0 Å². The van der Waals surface area contributed by atoms with Crippen molar-refractivity contribution >= 4 is 27.2 Å². The van der Waals surface area contributed by atoms with Crippen LogP contribution in [0, 0.1) is 0 Å². The quantitative estimate of drug-likeness (QED) is 0.704. The minimum atomic E-state index is -3.57. The zero-order valence-electron chi connectivity index (χ0n) is 12.7. The Morgan fingerprint density at radius 1 is 1.38 bits per heavy atom. The van der Waals surface area contributed by atoms with Crippen molar-refractivity contribution in [1.29, 1.82) is 0 Å². The molecule has 118 valence electrons. The summed E-state index contributed by atoms with van der Waals surface area (Å²) < 4.78 is 27.4. The molecule has 0 spiro atoms. The second kappa shape index (κ2) is 7.84. The minimum absolute atomic E-state index is 0.177. The van der Waals surface area contributed by atoms with Crippen molar-refractivity contribution in [2.75, 3.05) is 19.6 Å². The largest absolute Gasteiger partial charge is 0.389 e. The zero-order valence-corrected chi connectivity index (χ0v) is 14.3. The third kappa shape index (κ3) is 5.35. The van der Waals surface area contributed by atoms with Gasteiger partial charge >= 0.3 is 0 Å². The van der Waals surface area contributed by atoms with Crippen molar-refractivity contribution in [2.45, 2.75) is 31.7 Å². The molecule has 0 fully saturated rings. The third-order valence-corrected chi connectivity index (χ3v) is 5.03. The highest BCUT2D eigenvalue weighted by molar-refractivity contribution is 7.89. The molecule has 1 aromatic carbocycles. The van der Waals surface area contributed by atoms with Crippen LogP contribution >= 0.6 is 12.2 Å². The van der Waals surface area contributed by atoms with E-state index in [9.17, 15) is 8.42 Å². The maximum Gasteiger partial charge on any atom is 0.240 e. The van der Waals surface area contributed by atoms with Crippen LogP contribution in [0.5, 0.6) is 0 Å². The Morgan fingerprint density at radius 2 is 2.00 bits per heavy atom. The lowest BCUT2D eigenvalue weighted by molar-refractivity contribution is 0.282. The van der Waals surface area contributed by atoms with Crippen molar-refractivity contribution in [2.24, 2.45) is 5.73 Å². The molecule has 0 aromatic heterocycles. The number of thiocarbonyl (C=S) groups is 1. The lowest BCUT2D eigenvalue weighted by Gasteiger charge is -2.23. The normalized spacial score (nSPS) is 13.3. The van der Waals surface area contributed by atoms with Gasteiger partial charge in [-0.1, -0.05) is 38.2 Å². The molecule has 0 radical (unpaired) electrons. The van der Waals surface area contributed by atoms with E-state index in [0.29, 0.717) is 12.1 Å². The highest BCUT2D eigenvalue weighted by Gasteiger charge is 2.19. The summed E-state index contributed by atoms with van der Waals surface area (Å²) >= 11 is 4.88. The highest BCUT2D eigenvalue weighted by atomic mass is 32.2. The summed E-state index contributed by atoms with van der Waals surface area (Å²) in [6, 6.07) is 6.19. The summed E-state index contributed by atoms with van der Waals surface area (Å²) in [6.45, 7) is 8.40. The van der Waals surface area contributed by atoms with Gasteiger partial charge in [0.15, 0.2) is 0 Å². The number of benzene rings is 1. The van der Waals surface area contributed by atoms with E-state index >= 15 is 0 Å². The van der Waals surface area contributed by atoms with Gasteiger partial charge in [0.25, 0.3) is 0 Å². The molecular formula is C14H23N3O2S2. The number of hydrogen-bond donors (Lipinski definition) is 2. The van der Waals surface area contributed by atoms with Crippen molar-refractivity contribution in [3.8, 4) is 0 Å². The van der Waals surface area contributed by atoms with Gasteiger partial charge in [0, 0.05) is 18.2 Å². The number of hydrogen-bond acceptors (Lipinski definition) is 4. The van der Waals surface area contributed by atoms with E-state index in [0.717, 1.165) is 13.1 Å². The smallest absolute Gasteiger partial charge is 0.240 e. The van der Waals surface area contributed by atoms with Crippen LogP contribution in [-0.4, -0.2) is 44.0 Å². The number of sulfonamides is 1. The predicted molar refractivity (Wildman–Crippen MR) is 89.9 cm³/mol. The number of nitrogens with one attached hydrogen (secondary N) is 1. The summed E-state index contributed by atoms with van der Waals surface area (Å²) in [7, 11) is -3.57. The second-order valence-corrected chi connectivity index (χ2v) is 7.05. The Bertz CT molecular complexity index is 584. The molecule has 0 saturated carbocycles. The van der Waals surface area contributed by atoms with Gasteiger partial charge in [-0.15, -0.1) is 0 Å². The molecule has 0 heterocycles. The van der Waals surface area contributed by atoms with Gasteiger partial charge in [0.1, 0.15) is 4.99 Å². The van der Waals surface area contributed by atoms with Crippen LogP contribution in [0.15, 0.2) is 29.2 Å². The fraction of sp³-hybridized carbons (Fsp3) is 0.500. The number of nitrogens with two attached hydrogens (primary N) is 1. The molecule has 0 bridgehead atoms. The van der Waals surface area contributed by atoms with E-state index in [4.69, 9.17) is 18.0 Å². The molecule has 0 aliphatic heterocycles. The minimum Gasteiger partial charge on any atom is -0.389 e. The molecule has 21 heavy (non-hydrogen) atoms. The van der Waals surface area contributed by atoms with Crippen molar-refractivity contribution in [3.05, 3.63) is 29.8 Å². The summed E-state index contributed by atoms with van der Waals surface area (Å²) in [4.78, 5) is 2.53. The van der Waals surface area contributed by atoms with Crippen molar-refractivity contribution in [1.82, 2.24) is 9.62 Å². The molecular weight excluding hydrogens is 306 g/mol. The molecule has 0 amide bonds. The van der Waals surface area contributed by atoms with E-state index < -0.39 is 10.0 Å². The maximum absolute atomic E-state index is 12.4. The Kier molecular flexibility index (Phi) is 6.73. The average Bonchev–Trinajstić information content (AvgIpc) is 2.44. The predicted octanol–water partition coefficient (Wildman–Crippen LogP) is 1.33. The second-order valence-electron chi connectivity index (χ2n) is 4.90. The molecule has 1 aromatic rings. The fourth-order valence-corrected chi connectivity index (χ4v) is 3.46. The lowest BCUT2D eigenvalue weighted by Crippen LogP contribution is -2.41. The Balaban J connectivity index is 2.86. The van der Waals surface area contributed by atoms with Gasteiger partial charge in [-0.2, -0.15) is 0 Å². The van der Waals surface area contributed by atoms with E-state index in [1.54, 1.807) is 12.1 Å². The fourth-order valence-electron chi connectivity index (χ4n) is 2.06. The van der Waals surface area contributed by atoms with Crippen LogP contribution in [0.25, 0.3) is 0 Å². The van der Waals surface area contributed by atoms with Crippen LogP contribution in [0.1, 0.15) is 26.3 Å². The van der Waals surface area contributed by atoms with Gasteiger partial charge in [-0.25, -0.2) is 13.1 Å². The van der Waals surface area contributed by atoms with Gasteiger partial charge in [0.05, 0.1) is 4.90 Å². The van der Waals surface area contributed by atoms with E-state index in [1.807, 2.05) is 6.92 Å². The lowest BCUT2D eigenvalue weighted by atomic mass is 10.2. The van der Waals surface area contributed by atoms with Gasteiger partial charge in [-0.3, -0.25) is 0 Å². The molecule has 0 aliphatic carbocycles. The van der Waals surface area contributed by atoms with Crippen molar-refractivity contribution < 1.29 is 8.42 Å². The van der Waals surface area contributed by atoms with Crippen LogP contribution < -0.4 is 10.5 Å². The van der Waals surface area contributed by atoms with Crippen LogP contribution in [0.3, 0.4) is 0 Å². The van der Waals surface area contributed by atoms with E-state index in [-0.39, 0.29) is 15.9 Å². The van der Waals surface area contributed by atoms with E-state index in [2.05, 4.69) is 23.5 Å². The van der Waals surface area contributed by atoms with Crippen LogP contribution in [0.2, 0.25) is 0 Å². The highest BCUT2D eigenvalue weighted by Crippen LogP contribution is 2.12. The van der Waals surface area contributed by atoms with Gasteiger partial charge in [-0.05, 0) is 32.1 Å². The standard InChI is InChI=1S/C14H23N3O2S2/c1-4-17(5-2)10-11(3)16-21(18,19)13-8-6-7-12(9-13)14(15)20/h6-9,11,16H,4-5,10H2,1-3H3,(H2,15,20). The maximum atomic E-state index is 12.4. The molecule has 5 nitrogen and oxygen atoms in total. The van der Waals surface area contributed by atoms with Crippen molar-refractivity contribution in [3.63, 3.8) is 0 Å². The topological polar surface area (TPSA) is 75.4 Å². The molecule has 0 saturated heterocycles. The first-order chi connectivity index (χ1) is 9.80. The number of nitrogens with zero attached hydrogens (tertiary/aromatic N) is 1. The molecule has 1 rings (SSSR count). The first-order valence-electron chi connectivity index (χ1n) is 6.94. The molecule has 1 unspecified atom stereocenters. The SMILES string of the molecule is CCN(CC)CC(C)NS(=O)(=O)c1cccc(C(N)=S)c1. The monoisotopic (exact) mass is 329 g/mol. The van der Waals surface area contributed by atoms with E-state index in [1.165, 1.54) is 12.1 Å². The van der Waals surface area contributed by atoms with Gasteiger partial charge in [0.2, 0.25) is 10.0 Å². The zero-order chi connectivity index (χ0) is 16.0. The molecule has 7 heteroatoms. The number of likely N-dealkylation sites (N-methyl/N-ethyl adjacent to an activating group) is 1. The Hall–Kier alpha value is -1.02. The summed E-state index contributed by atoms with van der Waals surface area (Å²) in [6.07, 6.45) is 0. The Morgan fingerprint density at radius 3 is 2.52 bits per heavy atom. The number of rotatable bonds is 8. The molecule has 3 N–H and O–H groups in total. The van der Waals surface area contributed by atoms with Gasteiger partial charge < -0.3 is 10.6 Å².